The summed E-state index contributed by atoms with van der Waals surface area (Å²) in [7, 11) is 0. The van der Waals surface area contributed by atoms with Gasteiger partial charge in [-0.2, -0.15) is 0 Å². The molecule has 7 heteroatoms. The fourth-order valence-corrected chi connectivity index (χ4v) is 3.78. The zero-order valence-electron chi connectivity index (χ0n) is 17.3. The average molecular weight is 576 g/mol. The van der Waals surface area contributed by atoms with Gasteiger partial charge in [0.25, 0.3) is 0 Å². The Hall–Kier alpha value is 0.0900. The highest BCUT2D eigenvalue weighted by molar-refractivity contribution is 14.1. The van der Waals surface area contributed by atoms with Crippen LogP contribution in [0.2, 0.25) is 0 Å². The summed E-state index contributed by atoms with van der Waals surface area (Å²) in [6.45, 7) is 2.25. The van der Waals surface area contributed by atoms with Gasteiger partial charge in [-0.25, -0.2) is 0 Å². The highest BCUT2D eigenvalue weighted by atomic mass is 127. The predicted molar refractivity (Wildman–Crippen MR) is 136 cm³/mol. The Morgan fingerprint density at radius 1 is 0.897 bits per heavy atom. The van der Waals surface area contributed by atoms with Gasteiger partial charge in [-0.3, -0.25) is 4.79 Å². The van der Waals surface area contributed by atoms with Crippen LogP contribution in [0.1, 0.15) is 84.0 Å². The third kappa shape index (κ3) is 13.9. The molecule has 0 aliphatic carbocycles. The van der Waals surface area contributed by atoms with Gasteiger partial charge in [0.2, 0.25) is 9.70 Å². The van der Waals surface area contributed by atoms with Crippen molar-refractivity contribution >= 4 is 69.0 Å². The van der Waals surface area contributed by atoms with Gasteiger partial charge >= 0.3 is 0 Å². The number of unbranched alkanes of at least 4 members (excludes halogenated alkanes) is 10. The topological polar surface area (TPSA) is 41.1 Å². The fraction of sp³-hybridized carbons (Fsp3) is 0.682. The number of rotatable bonds is 15. The first-order valence-electron chi connectivity index (χ1n) is 10.7. The molecule has 29 heavy (non-hydrogen) atoms. The number of hydrogen-bond donors (Lipinski definition) is 2. The molecule has 0 spiro atoms. The predicted octanol–water partition coefficient (Wildman–Crippen LogP) is 8.22. The van der Waals surface area contributed by atoms with Crippen LogP contribution in [0.15, 0.2) is 24.3 Å². The SMILES string of the molecule is CCCCCCCCCCCCCC(=O)N[C@H](Nc1ccc(I)cc1)C(Cl)(Cl)Cl. The molecule has 1 atom stereocenters. The highest BCUT2D eigenvalue weighted by Gasteiger charge is 2.33. The lowest BCUT2D eigenvalue weighted by atomic mass is 10.1. The smallest absolute Gasteiger partial charge is 0.228 e. The number of halogens is 4. The number of nitrogens with one attached hydrogen (secondary N) is 2. The van der Waals surface area contributed by atoms with Gasteiger partial charge in [-0.1, -0.05) is 106 Å². The van der Waals surface area contributed by atoms with E-state index in [-0.39, 0.29) is 5.91 Å². The summed E-state index contributed by atoms with van der Waals surface area (Å²) < 4.78 is -0.533. The van der Waals surface area contributed by atoms with Gasteiger partial charge in [0.05, 0.1) is 0 Å². The maximum atomic E-state index is 12.3. The minimum Gasteiger partial charge on any atom is -0.362 e. The van der Waals surface area contributed by atoms with E-state index in [1.54, 1.807) is 0 Å². The Bertz CT molecular complexity index is 564. The van der Waals surface area contributed by atoms with Crippen molar-refractivity contribution in [1.82, 2.24) is 5.32 Å². The average Bonchev–Trinajstić information content (AvgIpc) is 2.66. The lowest BCUT2D eigenvalue weighted by Gasteiger charge is -2.27. The van der Waals surface area contributed by atoms with Crippen LogP contribution in [0.5, 0.6) is 0 Å². The first kappa shape index (κ1) is 27.1. The van der Waals surface area contributed by atoms with Crippen LogP contribution < -0.4 is 10.6 Å². The van der Waals surface area contributed by atoms with E-state index in [9.17, 15) is 4.79 Å². The van der Waals surface area contributed by atoms with Crippen LogP contribution in [-0.4, -0.2) is 15.9 Å². The normalized spacial score (nSPS) is 12.6. The molecule has 0 bridgehead atoms. The summed E-state index contributed by atoms with van der Waals surface area (Å²) >= 11 is 20.4. The molecule has 1 aromatic rings. The number of benzene rings is 1. The Morgan fingerprint density at radius 3 is 1.86 bits per heavy atom. The van der Waals surface area contributed by atoms with Gasteiger partial charge in [0, 0.05) is 15.7 Å². The van der Waals surface area contributed by atoms with Crippen molar-refractivity contribution in [2.75, 3.05) is 5.32 Å². The Morgan fingerprint density at radius 2 is 1.38 bits per heavy atom. The number of anilines is 1. The molecule has 0 radical (unpaired) electrons. The van der Waals surface area contributed by atoms with Crippen molar-refractivity contribution in [2.45, 2.75) is 93.9 Å². The molecule has 166 valence electrons. The van der Waals surface area contributed by atoms with Crippen molar-refractivity contribution in [3.63, 3.8) is 0 Å². The van der Waals surface area contributed by atoms with E-state index in [0.717, 1.165) is 22.1 Å². The molecular formula is C22H34Cl3IN2O. The van der Waals surface area contributed by atoms with E-state index in [2.05, 4.69) is 40.1 Å². The maximum absolute atomic E-state index is 12.3. The minimum atomic E-state index is -1.64. The Balaban J connectivity index is 2.19. The lowest BCUT2D eigenvalue weighted by Crippen LogP contribution is -2.49. The van der Waals surface area contributed by atoms with E-state index in [4.69, 9.17) is 34.8 Å². The molecule has 0 aliphatic heterocycles. The third-order valence-electron chi connectivity index (χ3n) is 4.80. The summed E-state index contributed by atoms with van der Waals surface area (Å²) in [6, 6.07) is 7.68. The van der Waals surface area contributed by atoms with E-state index >= 15 is 0 Å². The molecule has 1 rings (SSSR count). The summed E-state index contributed by atoms with van der Waals surface area (Å²) in [5, 5.41) is 5.90. The monoisotopic (exact) mass is 574 g/mol. The molecule has 0 heterocycles. The zero-order valence-corrected chi connectivity index (χ0v) is 21.7. The maximum Gasteiger partial charge on any atom is 0.228 e. The summed E-state index contributed by atoms with van der Waals surface area (Å²) in [5.74, 6) is -0.102. The van der Waals surface area contributed by atoms with E-state index in [1.807, 2.05) is 24.3 Å². The molecule has 3 nitrogen and oxygen atoms in total. The molecule has 0 aliphatic rings. The fourth-order valence-electron chi connectivity index (χ4n) is 3.10. The van der Waals surface area contributed by atoms with Crippen molar-refractivity contribution in [3.8, 4) is 0 Å². The molecule has 0 fully saturated rings. The summed E-state index contributed by atoms with van der Waals surface area (Å²) in [6.07, 6.45) is 13.4. The van der Waals surface area contributed by atoms with Crippen LogP contribution >= 0.6 is 57.4 Å². The van der Waals surface area contributed by atoms with Crippen molar-refractivity contribution in [1.29, 1.82) is 0 Å². The Labute approximate surface area is 205 Å². The summed E-state index contributed by atoms with van der Waals surface area (Å²) in [4.78, 5) is 12.3. The van der Waals surface area contributed by atoms with Crippen LogP contribution in [0.4, 0.5) is 5.69 Å². The largest absolute Gasteiger partial charge is 0.362 e. The van der Waals surface area contributed by atoms with E-state index in [1.165, 1.54) is 57.8 Å². The molecule has 2 N–H and O–H groups in total. The first-order chi connectivity index (χ1) is 13.8. The number of carbonyl (C=O) groups is 1. The number of amides is 1. The molecule has 1 amide bonds. The number of hydrogen-bond acceptors (Lipinski definition) is 2. The lowest BCUT2D eigenvalue weighted by molar-refractivity contribution is -0.121. The standard InChI is InChI=1S/C22H34Cl3IN2O/c1-2-3-4-5-6-7-8-9-10-11-12-13-20(29)28-21(22(23,24)25)27-19-16-14-18(26)15-17-19/h14-17,21,27H,2-13H2,1H3,(H,28,29)/t21-/m0/s1. The molecule has 0 aromatic heterocycles. The van der Waals surface area contributed by atoms with Gasteiger partial charge in [-0.05, 0) is 53.3 Å². The highest BCUT2D eigenvalue weighted by Crippen LogP contribution is 2.31. The molecule has 0 saturated carbocycles. The van der Waals surface area contributed by atoms with Gasteiger partial charge in [0.15, 0.2) is 0 Å². The van der Waals surface area contributed by atoms with Crippen LogP contribution in [0.25, 0.3) is 0 Å². The second-order valence-electron chi connectivity index (χ2n) is 7.48. The molecule has 0 unspecified atom stereocenters. The minimum absolute atomic E-state index is 0.102. The number of alkyl halides is 3. The van der Waals surface area contributed by atoms with Gasteiger partial charge in [-0.15, -0.1) is 0 Å². The van der Waals surface area contributed by atoms with Crippen molar-refractivity contribution < 1.29 is 4.79 Å². The van der Waals surface area contributed by atoms with Gasteiger partial charge in [0.1, 0.15) is 6.17 Å². The summed E-state index contributed by atoms with van der Waals surface area (Å²) in [5.41, 5.74) is 0.789. The quantitative estimate of drug-likeness (QED) is 0.0958. The Kier molecular flexibility index (Phi) is 14.8. The molecule has 1 aromatic carbocycles. The van der Waals surface area contributed by atoms with Crippen LogP contribution in [0, 0.1) is 3.57 Å². The van der Waals surface area contributed by atoms with Crippen LogP contribution in [0.3, 0.4) is 0 Å². The van der Waals surface area contributed by atoms with Gasteiger partial charge < -0.3 is 10.6 Å². The van der Waals surface area contributed by atoms with E-state index < -0.39 is 9.96 Å². The van der Waals surface area contributed by atoms with E-state index in [0.29, 0.717) is 6.42 Å². The zero-order chi connectivity index (χ0) is 21.5. The second kappa shape index (κ2) is 15.8. The van der Waals surface area contributed by atoms with Crippen molar-refractivity contribution in [3.05, 3.63) is 27.8 Å². The molecule has 0 saturated heterocycles. The first-order valence-corrected chi connectivity index (χ1v) is 12.9. The molecular weight excluding hydrogens is 542 g/mol. The second-order valence-corrected chi connectivity index (χ2v) is 11.1. The third-order valence-corrected chi connectivity index (χ3v) is 6.17. The number of carbonyl (C=O) groups excluding carboxylic acids is 1. The van der Waals surface area contributed by atoms with Crippen LogP contribution in [-0.2, 0) is 4.79 Å². The van der Waals surface area contributed by atoms with Crippen molar-refractivity contribution in [2.24, 2.45) is 0 Å².